The van der Waals surface area contributed by atoms with E-state index in [2.05, 4.69) is 50.1 Å². The molecule has 3 heterocycles. The van der Waals surface area contributed by atoms with Gasteiger partial charge in [-0.2, -0.15) is 0 Å². The second kappa shape index (κ2) is 5.09. The maximum atomic E-state index is 4.55. The molecule has 3 aromatic heterocycles. The van der Waals surface area contributed by atoms with E-state index in [0.717, 1.165) is 28.8 Å². The summed E-state index contributed by atoms with van der Waals surface area (Å²) in [6.07, 6.45) is 3.91. The number of rotatable bonds is 3. The van der Waals surface area contributed by atoms with Crippen molar-refractivity contribution in [3.05, 3.63) is 46.7 Å². The van der Waals surface area contributed by atoms with E-state index in [1.54, 1.807) is 10.7 Å². The van der Waals surface area contributed by atoms with Gasteiger partial charge in [-0.15, -0.1) is 5.10 Å². The van der Waals surface area contributed by atoms with E-state index in [4.69, 9.17) is 0 Å². The molecule has 0 aromatic carbocycles. The highest BCUT2D eigenvalue weighted by molar-refractivity contribution is 9.10. The van der Waals surface area contributed by atoms with Crippen LogP contribution in [0.5, 0.6) is 0 Å². The van der Waals surface area contributed by atoms with Crippen molar-refractivity contribution in [2.75, 3.05) is 0 Å². The first kappa shape index (κ1) is 12.3. The molecule has 0 amide bonds. The zero-order chi connectivity index (χ0) is 13.2. The molecule has 0 unspecified atom stereocenters. The molecule has 0 bridgehead atoms. The van der Waals surface area contributed by atoms with E-state index < -0.39 is 0 Å². The van der Waals surface area contributed by atoms with Crippen molar-refractivity contribution in [1.29, 1.82) is 0 Å². The SMILES string of the molecule is CCCc1cc(Br)n2nc(-c3ccccn3)nc2c1. The van der Waals surface area contributed by atoms with Crippen LogP contribution in [0.15, 0.2) is 41.1 Å². The molecule has 19 heavy (non-hydrogen) atoms. The number of hydrogen-bond donors (Lipinski definition) is 0. The Morgan fingerprint density at radius 2 is 2.16 bits per heavy atom. The lowest BCUT2D eigenvalue weighted by molar-refractivity contribution is 0.892. The third-order valence-electron chi connectivity index (χ3n) is 2.89. The number of aromatic nitrogens is 4. The number of pyridine rings is 2. The normalized spacial score (nSPS) is 11.1. The second-order valence-electron chi connectivity index (χ2n) is 4.36. The highest BCUT2D eigenvalue weighted by atomic mass is 79.9. The van der Waals surface area contributed by atoms with Crippen LogP contribution in [-0.2, 0) is 6.42 Å². The first-order chi connectivity index (χ1) is 9.28. The van der Waals surface area contributed by atoms with Gasteiger partial charge in [0.25, 0.3) is 0 Å². The van der Waals surface area contributed by atoms with Crippen LogP contribution in [0.1, 0.15) is 18.9 Å². The molecule has 96 valence electrons. The third kappa shape index (κ3) is 2.38. The van der Waals surface area contributed by atoms with Gasteiger partial charge in [-0.1, -0.05) is 19.4 Å². The summed E-state index contributed by atoms with van der Waals surface area (Å²) >= 11 is 3.54. The molecule has 0 spiro atoms. The van der Waals surface area contributed by atoms with Crippen LogP contribution in [0.25, 0.3) is 17.2 Å². The van der Waals surface area contributed by atoms with Crippen LogP contribution in [-0.4, -0.2) is 19.6 Å². The van der Waals surface area contributed by atoms with Gasteiger partial charge in [0.15, 0.2) is 5.65 Å². The molecule has 5 heteroatoms. The predicted molar refractivity (Wildman–Crippen MR) is 77.9 cm³/mol. The fourth-order valence-electron chi connectivity index (χ4n) is 2.03. The minimum atomic E-state index is 0.648. The molecule has 0 fully saturated rings. The Bertz CT molecular complexity index is 706. The molecule has 4 nitrogen and oxygen atoms in total. The van der Waals surface area contributed by atoms with E-state index in [-0.39, 0.29) is 0 Å². The largest absolute Gasteiger partial charge is 0.253 e. The summed E-state index contributed by atoms with van der Waals surface area (Å²) in [6, 6.07) is 9.90. The van der Waals surface area contributed by atoms with Gasteiger partial charge in [0, 0.05) is 6.20 Å². The summed E-state index contributed by atoms with van der Waals surface area (Å²) in [5, 5.41) is 4.48. The van der Waals surface area contributed by atoms with Crippen LogP contribution in [0.3, 0.4) is 0 Å². The van der Waals surface area contributed by atoms with Crippen molar-refractivity contribution in [2.45, 2.75) is 19.8 Å². The minimum Gasteiger partial charge on any atom is -0.253 e. The zero-order valence-electron chi connectivity index (χ0n) is 10.5. The Kier molecular flexibility index (Phi) is 3.29. The first-order valence-corrected chi connectivity index (χ1v) is 7.04. The molecule has 0 radical (unpaired) electrons. The molecule has 0 N–H and O–H groups in total. The standard InChI is InChI=1S/C14H13BrN4/c1-2-5-10-8-12(15)19-13(9-10)17-14(18-19)11-6-3-4-7-16-11/h3-4,6-9H,2,5H2,1H3. The Labute approximate surface area is 119 Å². The molecular weight excluding hydrogens is 304 g/mol. The molecule has 0 saturated heterocycles. The lowest BCUT2D eigenvalue weighted by atomic mass is 10.1. The van der Waals surface area contributed by atoms with Gasteiger partial charge in [0.2, 0.25) is 5.82 Å². The quantitative estimate of drug-likeness (QED) is 0.694. The number of halogens is 1. The minimum absolute atomic E-state index is 0.648. The molecular formula is C14H13BrN4. The lowest BCUT2D eigenvalue weighted by Crippen LogP contribution is -1.93. The van der Waals surface area contributed by atoms with E-state index in [1.807, 2.05) is 18.2 Å². The van der Waals surface area contributed by atoms with Gasteiger partial charge in [0.05, 0.1) is 0 Å². The van der Waals surface area contributed by atoms with E-state index >= 15 is 0 Å². The summed E-state index contributed by atoms with van der Waals surface area (Å²) in [6.45, 7) is 2.17. The highest BCUT2D eigenvalue weighted by Crippen LogP contribution is 2.20. The van der Waals surface area contributed by atoms with Crippen LogP contribution in [0.4, 0.5) is 0 Å². The molecule has 3 rings (SSSR count). The zero-order valence-corrected chi connectivity index (χ0v) is 12.1. The van der Waals surface area contributed by atoms with Crippen molar-refractivity contribution in [1.82, 2.24) is 19.6 Å². The molecule has 0 aliphatic heterocycles. The van der Waals surface area contributed by atoms with Crippen molar-refractivity contribution in [2.24, 2.45) is 0 Å². The van der Waals surface area contributed by atoms with Crippen LogP contribution < -0.4 is 0 Å². The molecule has 3 aromatic rings. The smallest absolute Gasteiger partial charge is 0.200 e. The van der Waals surface area contributed by atoms with Gasteiger partial charge >= 0.3 is 0 Å². The summed E-state index contributed by atoms with van der Waals surface area (Å²) in [4.78, 5) is 8.83. The summed E-state index contributed by atoms with van der Waals surface area (Å²) < 4.78 is 2.71. The van der Waals surface area contributed by atoms with Gasteiger partial charge < -0.3 is 0 Å². The van der Waals surface area contributed by atoms with Crippen molar-refractivity contribution in [3.63, 3.8) is 0 Å². The average molecular weight is 317 g/mol. The topological polar surface area (TPSA) is 43.1 Å². The second-order valence-corrected chi connectivity index (χ2v) is 5.17. The maximum Gasteiger partial charge on any atom is 0.200 e. The molecule has 0 atom stereocenters. The Balaban J connectivity index is 2.13. The predicted octanol–water partition coefficient (Wildman–Crippen LogP) is 3.51. The first-order valence-electron chi connectivity index (χ1n) is 6.24. The Hall–Kier alpha value is -1.75. The van der Waals surface area contributed by atoms with E-state index in [9.17, 15) is 0 Å². The van der Waals surface area contributed by atoms with E-state index in [1.165, 1.54) is 5.56 Å². The van der Waals surface area contributed by atoms with Crippen molar-refractivity contribution in [3.8, 4) is 11.5 Å². The summed E-state index contributed by atoms with van der Waals surface area (Å²) in [5.41, 5.74) is 2.90. The monoisotopic (exact) mass is 316 g/mol. The molecule has 0 saturated carbocycles. The highest BCUT2D eigenvalue weighted by Gasteiger charge is 2.10. The fraction of sp³-hybridized carbons (Fsp3) is 0.214. The number of aryl methyl sites for hydroxylation is 1. The van der Waals surface area contributed by atoms with Crippen LogP contribution >= 0.6 is 15.9 Å². The van der Waals surface area contributed by atoms with Crippen molar-refractivity contribution >= 4 is 21.6 Å². The van der Waals surface area contributed by atoms with Gasteiger partial charge in [-0.05, 0) is 52.2 Å². The Morgan fingerprint density at radius 1 is 1.26 bits per heavy atom. The molecule has 0 aliphatic rings. The molecule has 0 aliphatic carbocycles. The van der Waals surface area contributed by atoms with Crippen LogP contribution in [0, 0.1) is 0 Å². The van der Waals surface area contributed by atoms with Gasteiger partial charge in [-0.25, -0.2) is 9.50 Å². The number of nitrogens with zero attached hydrogens (tertiary/aromatic N) is 4. The number of fused-ring (bicyclic) bond motifs is 1. The average Bonchev–Trinajstić information content (AvgIpc) is 2.85. The van der Waals surface area contributed by atoms with E-state index in [0.29, 0.717) is 5.82 Å². The Morgan fingerprint density at radius 3 is 2.89 bits per heavy atom. The summed E-state index contributed by atoms with van der Waals surface area (Å²) in [5.74, 6) is 0.648. The van der Waals surface area contributed by atoms with Crippen molar-refractivity contribution < 1.29 is 0 Å². The van der Waals surface area contributed by atoms with Gasteiger partial charge in [-0.3, -0.25) is 4.98 Å². The third-order valence-corrected chi connectivity index (χ3v) is 3.45. The summed E-state index contributed by atoms with van der Waals surface area (Å²) in [7, 11) is 0. The fourth-order valence-corrected chi connectivity index (χ4v) is 2.59. The number of hydrogen-bond acceptors (Lipinski definition) is 3. The lowest BCUT2D eigenvalue weighted by Gasteiger charge is -2.01. The maximum absolute atomic E-state index is 4.55. The van der Waals surface area contributed by atoms with Gasteiger partial charge in [0.1, 0.15) is 10.3 Å². The van der Waals surface area contributed by atoms with Crippen LogP contribution in [0.2, 0.25) is 0 Å².